The maximum Gasteiger partial charge on any atom is 0.343 e. The van der Waals surface area contributed by atoms with E-state index < -0.39 is 11.9 Å². The van der Waals surface area contributed by atoms with E-state index >= 15 is 0 Å². The molecular weight excluding hydrogens is 662 g/mol. The lowest BCUT2D eigenvalue weighted by Crippen LogP contribution is -2.19. The highest BCUT2D eigenvalue weighted by Crippen LogP contribution is 2.38. The van der Waals surface area contributed by atoms with Crippen LogP contribution in [0.15, 0.2) is 88.4 Å². The number of carbonyl (C=O) groups is 2. The molecule has 0 saturated heterocycles. The van der Waals surface area contributed by atoms with Gasteiger partial charge in [-0.3, -0.25) is 4.79 Å². The van der Waals surface area contributed by atoms with E-state index in [0.29, 0.717) is 57.9 Å². The second-order valence-corrected chi connectivity index (χ2v) is 10.9. The van der Waals surface area contributed by atoms with Gasteiger partial charge >= 0.3 is 5.97 Å². The van der Waals surface area contributed by atoms with Crippen molar-refractivity contribution in [2.75, 3.05) is 20.3 Å². The van der Waals surface area contributed by atoms with Crippen LogP contribution >= 0.6 is 27.5 Å². The molecule has 230 valence electrons. The molecular formula is C34H29BrClN3O6. The zero-order chi connectivity index (χ0) is 31.9. The first kappa shape index (κ1) is 31.6. The van der Waals surface area contributed by atoms with E-state index in [0.717, 1.165) is 15.4 Å². The molecule has 11 heteroatoms. The lowest BCUT2D eigenvalue weighted by molar-refractivity contribution is 0.0728. The molecule has 0 saturated carbocycles. The molecule has 0 spiro atoms. The van der Waals surface area contributed by atoms with E-state index in [-0.39, 0.29) is 11.3 Å². The molecule has 0 atom stereocenters. The predicted molar refractivity (Wildman–Crippen MR) is 178 cm³/mol. The Labute approximate surface area is 273 Å². The topological polar surface area (TPSA) is 111 Å². The Balaban J connectivity index is 1.33. The maximum atomic E-state index is 13.3. The third-order valence-electron chi connectivity index (χ3n) is 6.68. The summed E-state index contributed by atoms with van der Waals surface area (Å²) in [5.74, 6) is 0.468. The van der Waals surface area contributed by atoms with Crippen molar-refractivity contribution in [3.8, 4) is 34.1 Å². The molecule has 45 heavy (non-hydrogen) atoms. The van der Waals surface area contributed by atoms with E-state index in [2.05, 4.69) is 31.4 Å². The molecule has 4 aromatic carbocycles. The van der Waals surface area contributed by atoms with E-state index in [1.165, 1.54) is 13.3 Å². The SMILES string of the molecule is CCOc1ccc(C(=O)Oc2ccc(C=NNC(=O)c3[nH]c4ccc(Br)cc4c3-c3ccccc3Cl)cc2OC)cc1OCC. The number of amides is 1. The van der Waals surface area contributed by atoms with Crippen molar-refractivity contribution < 1.29 is 28.5 Å². The summed E-state index contributed by atoms with van der Waals surface area (Å²) in [4.78, 5) is 29.5. The number of aromatic amines is 1. The first-order valence-electron chi connectivity index (χ1n) is 14.0. The van der Waals surface area contributed by atoms with Gasteiger partial charge in [-0.05, 0) is 80.1 Å². The molecule has 0 bridgehead atoms. The van der Waals surface area contributed by atoms with Crippen LogP contribution in [0.25, 0.3) is 22.0 Å². The highest BCUT2D eigenvalue weighted by molar-refractivity contribution is 9.10. The standard InChI is InChI=1S/C34H29BrClN3O6/c1-4-43-27-15-11-21(17-30(27)44-5-2)34(41)45-28-14-10-20(16-29(28)42-3)19-37-39-33(40)32-31(23-8-6-7-9-25(23)36)24-18-22(35)12-13-26(24)38-32/h6-19,38H,4-5H2,1-3H3,(H,39,40). The smallest absolute Gasteiger partial charge is 0.343 e. The van der Waals surface area contributed by atoms with Crippen LogP contribution in [0, 0.1) is 0 Å². The molecule has 0 aliphatic carbocycles. The summed E-state index contributed by atoms with van der Waals surface area (Å²) in [5, 5.41) is 5.50. The van der Waals surface area contributed by atoms with Crippen LogP contribution in [0.5, 0.6) is 23.0 Å². The van der Waals surface area contributed by atoms with E-state index in [1.54, 1.807) is 42.5 Å². The van der Waals surface area contributed by atoms with Crippen molar-refractivity contribution in [2.24, 2.45) is 5.10 Å². The zero-order valence-corrected chi connectivity index (χ0v) is 27.0. The molecule has 5 aromatic rings. The third-order valence-corrected chi connectivity index (χ3v) is 7.50. The molecule has 0 aliphatic heterocycles. The summed E-state index contributed by atoms with van der Waals surface area (Å²) in [5.41, 5.74) is 5.94. The van der Waals surface area contributed by atoms with Crippen LogP contribution in [0.1, 0.15) is 40.3 Å². The van der Waals surface area contributed by atoms with E-state index in [4.69, 9.17) is 30.5 Å². The number of hydrazone groups is 1. The summed E-state index contributed by atoms with van der Waals surface area (Å²) < 4.78 is 23.1. The lowest BCUT2D eigenvalue weighted by Gasteiger charge is -2.13. The minimum atomic E-state index is -0.592. The summed E-state index contributed by atoms with van der Waals surface area (Å²) in [7, 11) is 1.46. The Morgan fingerprint density at radius 2 is 1.67 bits per heavy atom. The number of carbonyl (C=O) groups excluding carboxylic acids is 2. The number of fused-ring (bicyclic) bond motifs is 1. The predicted octanol–water partition coefficient (Wildman–Crippen LogP) is 8.04. The van der Waals surface area contributed by atoms with Crippen LogP contribution in [0.3, 0.4) is 0 Å². The summed E-state index contributed by atoms with van der Waals surface area (Å²) in [6.07, 6.45) is 1.46. The first-order valence-corrected chi connectivity index (χ1v) is 15.2. The van der Waals surface area contributed by atoms with Crippen molar-refractivity contribution in [1.82, 2.24) is 10.4 Å². The minimum absolute atomic E-state index is 0.212. The van der Waals surface area contributed by atoms with Crippen LogP contribution in [0.2, 0.25) is 5.02 Å². The van der Waals surface area contributed by atoms with Crippen LogP contribution in [-0.4, -0.2) is 43.4 Å². The van der Waals surface area contributed by atoms with Gasteiger partial charge in [-0.2, -0.15) is 5.10 Å². The number of aromatic nitrogens is 1. The highest BCUT2D eigenvalue weighted by Gasteiger charge is 2.21. The van der Waals surface area contributed by atoms with Crippen molar-refractivity contribution >= 4 is 56.5 Å². The van der Waals surface area contributed by atoms with Gasteiger partial charge in [0.05, 0.1) is 32.1 Å². The van der Waals surface area contributed by atoms with Gasteiger partial charge in [-0.15, -0.1) is 0 Å². The molecule has 0 radical (unpaired) electrons. The average Bonchev–Trinajstić information content (AvgIpc) is 3.41. The number of nitrogens with zero attached hydrogens (tertiary/aromatic N) is 1. The number of nitrogens with one attached hydrogen (secondary N) is 2. The fourth-order valence-electron chi connectivity index (χ4n) is 4.69. The minimum Gasteiger partial charge on any atom is -0.493 e. The fourth-order valence-corrected chi connectivity index (χ4v) is 5.28. The lowest BCUT2D eigenvalue weighted by atomic mass is 10.0. The Morgan fingerprint density at radius 1 is 0.911 bits per heavy atom. The molecule has 1 aromatic heterocycles. The second-order valence-electron chi connectivity index (χ2n) is 9.57. The monoisotopic (exact) mass is 689 g/mol. The van der Waals surface area contributed by atoms with Gasteiger partial charge in [-0.25, -0.2) is 10.2 Å². The number of halogens is 2. The molecule has 9 nitrogen and oxygen atoms in total. The molecule has 5 rings (SSSR count). The molecule has 1 heterocycles. The van der Waals surface area contributed by atoms with Gasteiger partial charge in [0.15, 0.2) is 23.0 Å². The number of rotatable bonds is 11. The van der Waals surface area contributed by atoms with Crippen LogP contribution < -0.4 is 24.4 Å². The van der Waals surface area contributed by atoms with Crippen molar-refractivity contribution in [2.45, 2.75) is 13.8 Å². The van der Waals surface area contributed by atoms with Crippen LogP contribution in [0.4, 0.5) is 0 Å². The molecule has 0 unspecified atom stereocenters. The Bertz CT molecular complexity index is 1900. The number of H-pyrrole nitrogens is 1. The number of methoxy groups -OCH3 is 1. The molecule has 0 fully saturated rings. The number of ether oxygens (including phenoxy) is 4. The van der Waals surface area contributed by atoms with Gasteiger partial charge in [0.2, 0.25) is 0 Å². The van der Waals surface area contributed by atoms with Crippen molar-refractivity contribution in [1.29, 1.82) is 0 Å². The number of benzene rings is 4. The second kappa shape index (κ2) is 14.3. The Kier molecular flexibility index (Phi) is 10.1. The molecule has 1 amide bonds. The highest BCUT2D eigenvalue weighted by atomic mass is 79.9. The number of hydrogen-bond donors (Lipinski definition) is 2. The summed E-state index contributed by atoms with van der Waals surface area (Å²) in [6.45, 7) is 4.60. The number of hydrogen-bond acceptors (Lipinski definition) is 7. The van der Waals surface area contributed by atoms with Crippen molar-refractivity contribution in [3.63, 3.8) is 0 Å². The summed E-state index contributed by atoms with van der Waals surface area (Å²) in [6, 6.07) is 22.8. The maximum absolute atomic E-state index is 13.3. The zero-order valence-electron chi connectivity index (χ0n) is 24.6. The molecule has 0 aliphatic rings. The Morgan fingerprint density at radius 3 is 2.42 bits per heavy atom. The van der Waals surface area contributed by atoms with Gasteiger partial charge in [0.25, 0.3) is 5.91 Å². The quantitative estimate of drug-likeness (QED) is 0.0628. The van der Waals surface area contributed by atoms with E-state index in [1.807, 2.05) is 50.2 Å². The first-order chi connectivity index (χ1) is 21.8. The van der Waals surface area contributed by atoms with Crippen LogP contribution in [-0.2, 0) is 0 Å². The van der Waals surface area contributed by atoms with Crippen molar-refractivity contribution in [3.05, 3.63) is 105 Å². The average molecular weight is 691 g/mol. The fraction of sp³-hybridized carbons (Fsp3) is 0.147. The normalized spacial score (nSPS) is 11.0. The summed E-state index contributed by atoms with van der Waals surface area (Å²) >= 11 is 10.0. The van der Waals surface area contributed by atoms with Gasteiger partial charge in [0, 0.05) is 31.5 Å². The number of esters is 1. The van der Waals surface area contributed by atoms with E-state index in [9.17, 15) is 9.59 Å². The van der Waals surface area contributed by atoms with Gasteiger partial charge in [-0.1, -0.05) is 45.7 Å². The molecule has 2 N–H and O–H groups in total. The van der Waals surface area contributed by atoms with Gasteiger partial charge in [0.1, 0.15) is 5.69 Å². The third kappa shape index (κ3) is 7.13. The Hall–Kier alpha value is -4.80. The largest absolute Gasteiger partial charge is 0.493 e. The van der Waals surface area contributed by atoms with Gasteiger partial charge < -0.3 is 23.9 Å².